The van der Waals surface area contributed by atoms with Gasteiger partial charge in [0.2, 0.25) is 9.84 Å². The number of benzene rings is 2. The van der Waals surface area contributed by atoms with Crippen LogP contribution in [0.4, 0.5) is 0 Å². The quantitative estimate of drug-likeness (QED) is 0.739. The van der Waals surface area contributed by atoms with Crippen LogP contribution in [0.2, 0.25) is 5.02 Å². The van der Waals surface area contributed by atoms with Crippen LogP contribution in [0.3, 0.4) is 0 Å². The summed E-state index contributed by atoms with van der Waals surface area (Å²) in [5, 5.41) is 19.8. The number of phenols is 1. The Bertz CT molecular complexity index is 947. The highest BCUT2D eigenvalue weighted by Gasteiger charge is 2.22. The van der Waals surface area contributed by atoms with Crippen LogP contribution in [0.25, 0.3) is 6.08 Å². The van der Waals surface area contributed by atoms with Crippen molar-refractivity contribution in [1.82, 2.24) is 0 Å². The third kappa shape index (κ3) is 3.73. The minimum Gasteiger partial charge on any atom is -0.504 e. The molecule has 1 N–H and O–H groups in total. The Kier molecular flexibility index (Phi) is 5.54. The fourth-order valence-electron chi connectivity index (χ4n) is 1.91. The van der Waals surface area contributed by atoms with Crippen molar-refractivity contribution in [2.24, 2.45) is 0 Å². The van der Waals surface area contributed by atoms with E-state index in [9.17, 15) is 18.8 Å². The van der Waals surface area contributed by atoms with Gasteiger partial charge in [0, 0.05) is 15.1 Å². The maximum atomic E-state index is 12.6. The molecule has 2 aromatic carbocycles. The monoisotopic (exact) mass is 427 g/mol. The Balaban J connectivity index is 2.60. The molecule has 0 atom stereocenters. The third-order valence-electron chi connectivity index (χ3n) is 3.10. The minimum atomic E-state index is -4.04. The van der Waals surface area contributed by atoms with Crippen molar-refractivity contribution in [3.05, 3.63) is 56.4 Å². The van der Waals surface area contributed by atoms with E-state index >= 15 is 0 Å². The van der Waals surface area contributed by atoms with Gasteiger partial charge in [-0.25, -0.2) is 8.42 Å². The minimum absolute atomic E-state index is 0.0684. The molecule has 0 fully saturated rings. The lowest BCUT2D eigenvalue weighted by Gasteiger charge is -2.08. The second kappa shape index (κ2) is 7.26. The predicted octanol–water partition coefficient (Wildman–Crippen LogP) is 4.16. The van der Waals surface area contributed by atoms with Crippen LogP contribution in [0.5, 0.6) is 11.5 Å². The van der Waals surface area contributed by atoms with Crippen LogP contribution in [-0.4, -0.2) is 20.6 Å². The van der Waals surface area contributed by atoms with Crippen molar-refractivity contribution in [2.75, 3.05) is 7.11 Å². The first-order valence-corrected chi connectivity index (χ1v) is 9.14. The van der Waals surface area contributed by atoms with E-state index in [0.717, 1.165) is 6.08 Å². The summed E-state index contributed by atoms with van der Waals surface area (Å²) in [5.41, 5.74) is 0.135. The highest BCUT2D eigenvalue weighted by molar-refractivity contribution is 9.10. The fraction of sp³-hybridized carbons (Fsp3) is 0.0625. The van der Waals surface area contributed by atoms with Crippen molar-refractivity contribution < 1.29 is 18.3 Å². The summed E-state index contributed by atoms with van der Waals surface area (Å²) in [7, 11) is -2.68. The molecule has 2 rings (SSSR count). The van der Waals surface area contributed by atoms with E-state index in [0.29, 0.717) is 9.50 Å². The van der Waals surface area contributed by atoms with E-state index in [-0.39, 0.29) is 22.0 Å². The number of hydrogen-bond acceptors (Lipinski definition) is 5. The lowest BCUT2D eigenvalue weighted by molar-refractivity contribution is 0.372. The normalized spacial score (nSPS) is 11.8. The highest BCUT2D eigenvalue weighted by Crippen LogP contribution is 2.35. The summed E-state index contributed by atoms with van der Waals surface area (Å²) in [6.07, 6.45) is 1.09. The molecule has 0 saturated heterocycles. The standard InChI is InChI=1S/C16H11BrClNO4S/c1-23-15-8-11(17)6-10(16(15)20)7-14(9-19)24(21,22)13-4-2-12(18)3-5-13/h2-8,20H,1H3. The summed E-state index contributed by atoms with van der Waals surface area (Å²) >= 11 is 8.99. The first-order valence-electron chi connectivity index (χ1n) is 6.48. The van der Waals surface area contributed by atoms with Crippen molar-refractivity contribution in [3.8, 4) is 17.6 Å². The number of halogens is 2. The summed E-state index contributed by atoms with van der Waals surface area (Å²) in [6.45, 7) is 0. The van der Waals surface area contributed by atoms with Gasteiger partial charge in [-0.05, 0) is 42.5 Å². The molecular weight excluding hydrogens is 418 g/mol. The second-order valence-corrected chi connectivity index (χ2v) is 7.89. The maximum Gasteiger partial charge on any atom is 0.216 e. The number of sulfone groups is 1. The van der Waals surface area contributed by atoms with Crippen molar-refractivity contribution >= 4 is 43.4 Å². The van der Waals surface area contributed by atoms with E-state index in [1.54, 1.807) is 6.07 Å². The zero-order valence-electron chi connectivity index (χ0n) is 12.3. The SMILES string of the molecule is COc1cc(Br)cc(C=C(C#N)S(=O)(=O)c2ccc(Cl)cc2)c1O. The molecule has 124 valence electrons. The summed E-state index contributed by atoms with van der Waals surface area (Å²) in [6, 6.07) is 10.1. The van der Waals surface area contributed by atoms with E-state index in [4.69, 9.17) is 16.3 Å². The van der Waals surface area contributed by atoms with E-state index in [1.165, 1.54) is 43.5 Å². The number of ether oxygens (including phenoxy) is 1. The lowest BCUT2D eigenvalue weighted by atomic mass is 10.1. The van der Waals surface area contributed by atoms with Gasteiger partial charge in [0.1, 0.15) is 11.0 Å². The largest absolute Gasteiger partial charge is 0.504 e. The summed E-state index contributed by atoms with van der Waals surface area (Å²) in [5.74, 6) is -0.114. The van der Waals surface area contributed by atoms with Gasteiger partial charge in [0.15, 0.2) is 11.5 Å². The molecule has 0 saturated carbocycles. The molecule has 0 unspecified atom stereocenters. The van der Waals surface area contributed by atoms with Gasteiger partial charge < -0.3 is 9.84 Å². The summed E-state index contributed by atoms with van der Waals surface area (Å²) in [4.78, 5) is -0.582. The van der Waals surface area contributed by atoms with Crippen molar-refractivity contribution in [3.63, 3.8) is 0 Å². The first kappa shape index (κ1) is 18.3. The Morgan fingerprint density at radius 1 is 1.33 bits per heavy atom. The summed E-state index contributed by atoms with van der Waals surface area (Å²) < 4.78 is 30.7. The smallest absolute Gasteiger partial charge is 0.216 e. The fourth-order valence-corrected chi connectivity index (χ4v) is 3.64. The lowest BCUT2D eigenvalue weighted by Crippen LogP contribution is -2.03. The highest BCUT2D eigenvalue weighted by atomic mass is 79.9. The Morgan fingerprint density at radius 3 is 2.50 bits per heavy atom. The topological polar surface area (TPSA) is 87.4 Å². The van der Waals surface area contributed by atoms with E-state index in [1.807, 2.05) is 0 Å². The van der Waals surface area contributed by atoms with Gasteiger partial charge >= 0.3 is 0 Å². The molecule has 0 radical (unpaired) electrons. The molecule has 0 aliphatic rings. The van der Waals surface area contributed by atoms with Crippen LogP contribution in [-0.2, 0) is 9.84 Å². The molecule has 24 heavy (non-hydrogen) atoms. The molecule has 0 amide bonds. The number of nitrogens with zero attached hydrogens (tertiary/aromatic N) is 1. The van der Waals surface area contributed by atoms with Crippen molar-refractivity contribution in [1.29, 1.82) is 5.26 Å². The zero-order chi connectivity index (χ0) is 17.9. The average Bonchev–Trinajstić information content (AvgIpc) is 2.55. The number of phenolic OH excluding ortho intramolecular Hbond substituents is 1. The van der Waals surface area contributed by atoms with Gasteiger partial charge in [-0.2, -0.15) is 5.26 Å². The zero-order valence-corrected chi connectivity index (χ0v) is 15.5. The van der Waals surface area contributed by atoms with Gasteiger partial charge in [-0.1, -0.05) is 27.5 Å². The molecule has 0 aliphatic carbocycles. The van der Waals surface area contributed by atoms with E-state index < -0.39 is 14.7 Å². The molecule has 0 bridgehead atoms. The molecule has 8 heteroatoms. The Morgan fingerprint density at radius 2 is 1.96 bits per heavy atom. The Labute approximate surface area is 152 Å². The van der Waals surface area contributed by atoms with Crippen molar-refractivity contribution in [2.45, 2.75) is 4.90 Å². The maximum absolute atomic E-state index is 12.6. The number of nitriles is 1. The third-order valence-corrected chi connectivity index (χ3v) is 5.49. The molecule has 0 heterocycles. The Hall–Kier alpha value is -2.01. The van der Waals surface area contributed by atoms with Gasteiger partial charge in [-0.3, -0.25) is 0 Å². The number of aromatic hydroxyl groups is 1. The van der Waals surface area contributed by atoms with Gasteiger partial charge in [0.05, 0.1) is 12.0 Å². The number of rotatable bonds is 4. The number of methoxy groups -OCH3 is 1. The number of allylic oxidation sites excluding steroid dienone is 1. The van der Waals surface area contributed by atoms with Gasteiger partial charge in [-0.15, -0.1) is 0 Å². The predicted molar refractivity (Wildman–Crippen MR) is 94.6 cm³/mol. The molecule has 5 nitrogen and oxygen atoms in total. The van der Waals surface area contributed by atoms with Gasteiger partial charge in [0.25, 0.3) is 0 Å². The van der Waals surface area contributed by atoms with Crippen LogP contribution < -0.4 is 4.74 Å². The molecular formula is C16H11BrClNO4S. The average molecular weight is 429 g/mol. The molecule has 0 aliphatic heterocycles. The number of hydrogen-bond donors (Lipinski definition) is 1. The second-order valence-electron chi connectivity index (χ2n) is 4.62. The van der Waals surface area contributed by atoms with Crippen LogP contribution in [0.15, 0.2) is 50.7 Å². The van der Waals surface area contributed by atoms with E-state index in [2.05, 4.69) is 15.9 Å². The van der Waals surface area contributed by atoms with Crippen LogP contribution >= 0.6 is 27.5 Å². The van der Waals surface area contributed by atoms with Crippen LogP contribution in [0.1, 0.15) is 5.56 Å². The first-order chi connectivity index (χ1) is 11.3. The molecule has 0 aromatic heterocycles. The van der Waals surface area contributed by atoms with Crippen LogP contribution in [0, 0.1) is 11.3 Å². The molecule has 0 spiro atoms. The molecule has 2 aromatic rings.